The molecule has 0 spiro atoms. The van der Waals surface area contributed by atoms with Crippen molar-refractivity contribution in [2.24, 2.45) is 0 Å². The molecular formula is C26H31N3O5S. The van der Waals surface area contributed by atoms with E-state index >= 15 is 0 Å². The van der Waals surface area contributed by atoms with Crippen LogP contribution in [0.1, 0.15) is 23.9 Å². The number of nitrogens with zero attached hydrogens (tertiary/aromatic N) is 3. The first kappa shape index (κ1) is 24.8. The normalized spacial score (nSPS) is 16.4. The third-order valence-electron chi connectivity index (χ3n) is 6.22. The molecule has 1 aromatic heterocycles. The highest BCUT2D eigenvalue weighted by atomic mass is 32.2. The van der Waals surface area contributed by atoms with Gasteiger partial charge in [-0.15, -0.1) is 0 Å². The molecule has 0 aliphatic carbocycles. The summed E-state index contributed by atoms with van der Waals surface area (Å²) in [7, 11) is -2.16. The monoisotopic (exact) mass is 497 g/mol. The lowest BCUT2D eigenvalue weighted by Gasteiger charge is -2.41. The predicted octanol–water partition coefficient (Wildman–Crippen LogP) is 3.62. The maximum atomic E-state index is 12.9. The number of rotatable bonds is 7. The molecular weight excluding hydrogens is 466 g/mol. The summed E-state index contributed by atoms with van der Waals surface area (Å²) in [6, 6.07) is 15.5. The van der Waals surface area contributed by atoms with Crippen LogP contribution in [0.2, 0.25) is 0 Å². The van der Waals surface area contributed by atoms with Crippen LogP contribution in [0.4, 0.5) is 5.69 Å². The fraction of sp³-hybridized carbons (Fsp3) is 0.385. The highest BCUT2D eigenvalue weighted by molar-refractivity contribution is 7.91. The van der Waals surface area contributed by atoms with E-state index in [4.69, 9.17) is 9.15 Å². The second kappa shape index (κ2) is 10.1. The third-order valence-corrected chi connectivity index (χ3v) is 7.62. The Labute approximate surface area is 206 Å². The van der Waals surface area contributed by atoms with E-state index in [9.17, 15) is 13.2 Å². The number of hydrogen-bond donors (Lipinski definition) is 0. The van der Waals surface area contributed by atoms with E-state index in [1.807, 2.05) is 18.2 Å². The summed E-state index contributed by atoms with van der Waals surface area (Å²) in [5.74, 6) is 0.102. The lowest BCUT2D eigenvalue weighted by molar-refractivity contribution is -0.129. The van der Waals surface area contributed by atoms with Gasteiger partial charge in [0.2, 0.25) is 11.8 Å². The number of oxazole rings is 1. The molecule has 9 heteroatoms. The molecule has 1 atom stereocenters. The molecule has 0 N–H and O–H groups in total. The molecule has 3 aromatic rings. The quantitative estimate of drug-likeness (QED) is 0.492. The number of aryl methyl sites for hydroxylation is 2. The number of carbonyl (C=O) groups is 1. The Morgan fingerprint density at radius 1 is 1.14 bits per heavy atom. The van der Waals surface area contributed by atoms with Crippen molar-refractivity contribution in [2.75, 3.05) is 37.4 Å². The average molecular weight is 498 g/mol. The molecule has 0 bridgehead atoms. The number of amides is 1. The molecule has 186 valence electrons. The van der Waals surface area contributed by atoms with Gasteiger partial charge in [0.1, 0.15) is 17.3 Å². The van der Waals surface area contributed by atoms with Gasteiger partial charge in [0.05, 0.1) is 18.6 Å². The number of methoxy groups -OCH3 is 1. The standard InChI is InChI=1S/C26H31N3O5S/c1-18-7-5-9-22(13-18)29-12-11-28(15-19(29)2)25(30)17-35(31,32)16-24-20(3)34-26(27-24)21-8-6-10-23(14-21)33-4/h5-10,13-14,19H,11-12,15-17H2,1-4H3/t19-/m0/s1. The van der Waals surface area contributed by atoms with Crippen molar-refractivity contribution in [3.8, 4) is 17.2 Å². The largest absolute Gasteiger partial charge is 0.497 e. The number of sulfone groups is 1. The van der Waals surface area contributed by atoms with Gasteiger partial charge in [-0.25, -0.2) is 13.4 Å². The molecule has 0 unspecified atom stereocenters. The smallest absolute Gasteiger partial charge is 0.237 e. The molecule has 35 heavy (non-hydrogen) atoms. The van der Waals surface area contributed by atoms with Gasteiger partial charge in [0.25, 0.3) is 0 Å². The highest BCUT2D eigenvalue weighted by Crippen LogP contribution is 2.26. The molecule has 8 nitrogen and oxygen atoms in total. The van der Waals surface area contributed by atoms with Gasteiger partial charge in [0.15, 0.2) is 9.84 Å². The van der Waals surface area contributed by atoms with Crippen LogP contribution in [0.3, 0.4) is 0 Å². The number of ether oxygens (including phenoxy) is 1. The van der Waals surface area contributed by atoms with E-state index in [2.05, 4.69) is 41.9 Å². The zero-order valence-corrected chi connectivity index (χ0v) is 21.3. The van der Waals surface area contributed by atoms with Crippen LogP contribution in [0.15, 0.2) is 52.9 Å². The number of aromatic nitrogens is 1. The van der Waals surface area contributed by atoms with E-state index in [1.165, 1.54) is 5.56 Å². The Hall–Kier alpha value is -3.33. The van der Waals surface area contributed by atoms with Crippen molar-refractivity contribution in [2.45, 2.75) is 32.6 Å². The van der Waals surface area contributed by atoms with Gasteiger partial charge in [0, 0.05) is 36.9 Å². The second-order valence-electron chi connectivity index (χ2n) is 9.01. The number of piperazine rings is 1. The minimum absolute atomic E-state index is 0.0837. The van der Waals surface area contributed by atoms with Crippen LogP contribution in [0.5, 0.6) is 5.75 Å². The maximum absolute atomic E-state index is 12.9. The number of anilines is 1. The molecule has 1 aliphatic heterocycles. The Bertz CT molecular complexity index is 1320. The van der Waals surface area contributed by atoms with Gasteiger partial charge >= 0.3 is 0 Å². The summed E-state index contributed by atoms with van der Waals surface area (Å²) in [5.41, 5.74) is 3.29. The van der Waals surface area contributed by atoms with E-state index in [1.54, 1.807) is 31.1 Å². The predicted molar refractivity (Wildman–Crippen MR) is 135 cm³/mol. The summed E-state index contributed by atoms with van der Waals surface area (Å²) in [4.78, 5) is 21.2. The topological polar surface area (TPSA) is 92.9 Å². The lowest BCUT2D eigenvalue weighted by atomic mass is 10.1. The van der Waals surface area contributed by atoms with Crippen molar-refractivity contribution < 1.29 is 22.4 Å². The first-order chi connectivity index (χ1) is 16.6. The highest BCUT2D eigenvalue weighted by Gasteiger charge is 2.30. The summed E-state index contributed by atoms with van der Waals surface area (Å²) >= 11 is 0. The Balaban J connectivity index is 1.40. The fourth-order valence-electron chi connectivity index (χ4n) is 4.35. The summed E-state index contributed by atoms with van der Waals surface area (Å²) in [6.07, 6.45) is 0. The summed E-state index contributed by atoms with van der Waals surface area (Å²) < 4.78 is 36.7. The SMILES string of the molecule is COc1cccc(-c2nc(CS(=O)(=O)CC(=O)N3CCN(c4cccc(C)c4)[C@@H](C)C3)c(C)o2)c1. The summed E-state index contributed by atoms with van der Waals surface area (Å²) in [6.45, 7) is 7.39. The van der Waals surface area contributed by atoms with Gasteiger partial charge in [-0.2, -0.15) is 0 Å². The minimum Gasteiger partial charge on any atom is -0.497 e. The van der Waals surface area contributed by atoms with Crippen LogP contribution in [0, 0.1) is 13.8 Å². The van der Waals surface area contributed by atoms with Crippen molar-refractivity contribution in [3.63, 3.8) is 0 Å². The van der Waals surface area contributed by atoms with Crippen LogP contribution >= 0.6 is 0 Å². The zero-order valence-electron chi connectivity index (χ0n) is 20.5. The van der Waals surface area contributed by atoms with Gasteiger partial charge < -0.3 is 19.0 Å². The van der Waals surface area contributed by atoms with Gasteiger partial charge in [-0.1, -0.05) is 18.2 Å². The molecule has 1 fully saturated rings. The van der Waals surface area contributed by atoms with E-state index in [0.717, 1.165) is 5.69 Å². The van der Waals surface area contributed by atoms with Crippen LogP contribution in [0.25, 0.3) is 11.5 Å². The first-order valence-electron chi connectivity index (χ1n) is 11.6. The molecule has 4 rings (SSSR count). The van der Waals surface area contributed by atoms with E-state index in [0.29, 0.717) is 48.3 Å². The van der Waals surface area contributed by atoms with Crippen LogP contribution in [-0.2, 0) is 20.4 Å². The van der Waals surface area contributed by atoms with Crippen molar-refractivity contribution in [1.29, 1.82) is 0 Å². The zero-order chi connectivity index (χ0) is 25.2. The van der Waals surface area contributed by atoms with Crippen LogP contribution in [-0.4, -0.2) is 62.7 Å². The van der Waals surface area contributed by atoms with Crippen molar-refractivity contribution in [3.05, 3.63) is 65.5 Å². The van der Waals surface area contributed by atoms with Crippen LogP contribution < -0.4 is 9.64 Å². The fourth-order valence-corrected chi connectivity index (χ4v) is 5.70. The molecule has 2 aromatic carbocycles. The third kappa shape index (κ3) is 5.85. The molecule has 0 radical (unpaired) electrons. The van der Waals surface area contributed by atoms with Gasteiger partial charge in [-0.3, -0.25) is 4.79 Å². The summed E-state index contributed by atoms with van der Waals surface area (Å²) in [5, 5.41) is 0. The first-order valence-corrected chi connectivity index (χ1v) is 13.4. The molecule has 1 saturated heterocycles. The average Bonchev–Trinajstić information content (AvgIpc) is 3.18. The Morgan fingerprint density at radius 2 is 1.91 bits per heavy atom. The Kier molecular flexibility index (Phi) is 7.16. The molecule has 1 amide bonds. The molecule has 0 saturated carbocycles. The Morgan fingerprint density at radius 3 is 2.63 bits per heavy atom. The minimum atomic E-state index is -3.73. The van der Waals surface area contributed by atoms with E-state index in [-0.39, 0.29) is 17.7 Å². The van der Waals surface area contributed by atoms with Gasteiger partial charge in [-0.05, 0) is 56.7 Å². The molecule has 1 aliphatic rings. The second-order valence-corrected chi connectivity index (χ2v) is 11.1. The number of hydrogen-bond acceptors (Lipinski definition) is 7. The number of carbonyl (C=O) groups excluding carboxylic acids is 1. The lowest BCUT2D eigenvalue weighted by Crippen LogP contribution is -2.54. The van der Waals surface area contributed by atoms with E-state index < -0.39 is 15.6 Å². The maximum Gasteiger partial charge on any atom is 0.237 e. The molecule has 2 heterocycles. The number of benzene rings is 2. The van der Waals surface area contributed by atoms with Crippen molar-refractivity contribution >= 4 is 21.4 Å². The van der Waals surface area contributed by atoms with Crippen molar-refractivity contribution in [1.82, 2.24) is 9.88 Å².